The predicted molar refractivity (Wildman–Crippen MR) is 111 cm³/mol. The number of halogens is 1. The number of carbonyl (C=O) groups excluding carboxylic acids is 1. The number of hydrogen-bond acceptors (Lipinski definition) is 9. The average molecular weight is 422 g/mol. The monoisotopic (exact) mass is 422 g/mol. The molecule has 0 amide bonds. The van der Waals surface area contributed by atoms with Crippen molar-refractivity contribution in [1.29, 1.82) is 0 Å². The van der Waals surface area contributed by atoms with Gasteiger partial charge < -0.3 is 15.8 Å². The molecule has 0 aliphatic carbocycles. The van der Waals surface area contributed by atoms with Crippen LogP contribution < -0.4 is 11.1 Å². The molecular formula is C20H15FN6O2S. The van der Waals surface area contributed by atoms with Gasteiger partial charge in [0.25, 0.3) is 0 Å². The Kier molecular flexibility index (Phi) is 5.57. The largest absolute Gasteiger partial charge is 0.453 e. The zero-order valence-electron chi connectivity index (χ0n) is 15.4. The van der Waals surface area contributed by atoms with Crippen molar-refractivity contribution in [1.82, 2.24) is 19.9 Å². The fraction of sp³-hybridized carbons (Fsp3) is 0.0500. The van der Waals surface area contributed by atoms with E-state index in [1.807, 2.05) is 30.3 Å². The summed E-state index contributed by atoms with van der Waals surface area (Å²) in [6.07, 6.45) is 0. The van der Waals surface area contributed by atoms with Gasteiger partial charge in [0.15, 0.2) is 18.1 Å². The highest BCUT2D eigenvalue weighted by atomic mass is 32.1. The molecule has 0 fully saturated rings. The standard InChI is InChI=1S/C20H15FN6O2S/c21-13-6-8-14(9-7-13)23-20-26-16(25-19(22)27-20)10-29-18(28)15-11-30-17(24-15)12-4-2-1-3-5-12/h1-9,11H,10H2,(H3,22,23,25,26,27). The molecule has 2 heterocycles. The molecule has 0 unspecified atom stereocenters. The molecule has 0 bridgehead atoms. The van der Waals surface area contributed by atoms with E-state index in [-0.39, 0.29) is 35.8 Å². The highest BCUT2D eigenvalue weighted by Gasteiger charge is 2.15. The summed E-state index contributed by atoms with van der Waals surface area (Å²) in [4.78, 5) is 28.7. The van der Waals surface area contributed by atoms with Gasteiger partial charge in [-0.05, 0) is 24.3 Å². The number of hydrogen-bond donors (Lipinski definition) is 2. The fourth-order valence-electron chi connectivity index (χ4n) is 2.51. The first kappa shape index (κ1) is 19.4. The number of nitrogens with one attached hydrogen (secondary N) is 1. The molecule has 10 heteroatoms. The molecule has 0 aliphatic heterocycles. The van der Waals surface area contributed by atoms with Gasteiger partial charge >= 0.3 is 5.97 Å². The van der Waals surface area contributed by atoms with Crippen LogP contribution in [-0.2, 0) is 11.3 Å². The molecule has 0 atom stereocenters. The summed E-state index contributed by atoms with van der Waals surface area (Å²) in [6, 6.07) is 15.2. The second-order valence-corrected chi connectivity index (χ2v) is 6.90. The first-order valence-electron chi connectivity index (χ1n) is 8.78. The number of ether oxygens (including phenoxy) is 1. The Morgan fingerprint density at radius 3 is 2.57 bits per heavy atom. The Morgan fingerprint density at radius 2 is 1.80 bits per heavy atom. The molecule has 4 aromatic rings. The van der Waals surface area contributed by atoms with Crippen molar-refractivity contribution in [2.24, 2.45) is 0 Å². The quantitative estimate of drug-likeness (QED) is 0.451. The summed E-state index contributed by atoms with van der Waals surface area (Å²) in [5.41, 5.74) is 7.40. The Hall–Kier alpha value is -3.92. The van der Waals surface area contributed by atoms with Crippen LogP contribution in [0.15, 0.2) is 60.0 Å². The van der Waals surface area contributed by atoms with Gasteiger partial charge in [-0.1, -0.05) is 30.3 Å². The van der Waals surface area contributed by atoms with Gasteiger partial charge in [0, 0.05) is 16.6 Å². The zero-order chi connectivity index (χ0) is 20.9. The molecule has 0 radical (unpaired) electrons. The Bertz CT molecular complexity index is 1170. The number of anilines is 3. The van der Waals surface area contributed by atoms with E-state index in [4.69, 9.17) is 10.5 Å². The van der Waals surface area contributed by atoms with Gasteiger partial charge in [-0.2, -0.15) is 15.0 Å². The second kappa shape index (κ2) is 8.62. The number of rotatable bonds is 6. The lowest BCUT2D eigenvalue weighted by Crippen LogP contribution is -2.11. The molecule has 0 saturated carbocycles. The number of nitrogens with zero attached hydrogens (tertiary/aromatic N) is 4. The van der Waals surface area contributed by atoms with Crippen molar-refractivity contribution in [2.75, 3.05) is 11.1 Å². The number of esters is 1. The number of nitrogen functional groups attached to an aromatic ring is 1. The third-order valence-corrected chi connectivity index (χ3v) is 4.76. The molecule has 0 saturated heterocycles. The average Bonchev–Trinajstić information content (AvgIpc) is 3.24. The number of benzene rings is 2. The predicted octanol–water partition coefficient (Wildman–Crippen LogP) is 3.82. The number of carbonyl (C=O) groups is 1. The minimum Gasteiger partial charge on any atom is -0.453 e. The lowest BCUT2D eigenvalue weighted by Gasteiger charge is -2.07. The van der Waals surface area contributed by atoms with Crippen LogP contribution in [0, 0.1) is 5.82 Å². The highest BCUT2D eigenvalue weighted by molar-refractivity contribution is 7.13. The van der Waals surface area contributed by atoms with Gasteiger partial charge in [-0.3, -0.25) is 0 Å². The van der Waals surface area contributed by atoms with Crippen molar-refractivity contribution < 1.29 is 13.9 Å². The highest BCUT2D eigenvalue weighted by Crippen LogP contribution is 2.23. The SMILES string of the molecule is Nc1nc(COC(=O)c2csc(-c3ccccc3)n2)nc(Nc2ccc(F)cc2)n1. The van der Waals surface area contributed by atoms with Crippen molar-refractivity contribution in [2.45, 2.75) is 6.61 Å². The summed E-state index contributed by atoms with van der Waals surface area (Å²) >= 11 is 1.35. The molecule has 30 heavy (non-hydrogen) atoms. The topological polar surface area (TPSA) is 116 Å². The van der Waals surface area contributed by atoms with Crippen LogP contribution in [-0.4, -0.2) is 25.9 Å². The van der Waals surface area contributed by atoms with Crippen LogP contribution in [0.25, 0.3) is 10.6 Å². The number of thiazole rings is 1. The van der Waals surface area contributed by atoms with E-state index >= 15 is 0 Å². The van der Waals surface area contributed by atoms with E-state index in [0.29, 0.717) is 5.69 Å². The van der Waals surface area contributed by atoms with Crippen LogP contribution in [0.5, 0.6) is 0 Å². The normalized spacial score (nSPS) is 10.6. The van der Waals surface area contributed by atoms with E-state index < -0.39 is 5.97 Å². The van der Waals surface area contributed by atoms with Crippen molar-refractivity contribution >= 4 is 34.9 Å². The molecular weight excluding hydrogens is 407 g/mol. The van der Waals surface area contributed by atoms with Crippen LogP contribution in [0.2, 0.25) is 0 Å². The van der Waals surface area contributed by atoms with Gasteiger partial charge in [-0.25, -0.2) is 14.2 Å². The maximum atomic E-state index is 13.0. The maximum Gasteiger partial charge on any atom is 0.358 e. The Morgan fingerprint density at radius 1 is 1.03 bits per heavy atom. The molecule has 0 aliphatic rings. The lowest BCUT2D eigenvalue weighted by molar-refractivity contribution is 0.0456. The van der Waals surface area contributed by atoms with E-state index in [9.17, 15) is 9.18 Å². The fourth-order valence-corrected chi connectivity index (χ4v) is 3.30. The molecule has 3 N–H and O–H groups in total. The van der Waals surface area contributed by atoms with E-state index in [1.54, 1.807) is 5.38 Å². The van der Waals surface area contributed by atoms with Gasteiger partial charge in [0.05, 0.1) is 0 Å². The molecule has 0 spiro atoms. The first-order valence-corrected chi connectivity index (χ1v) is 9.66. The Balaban J connectivity index is 1.42. The summed E-state index contributed by atoms with van der Waals surface area (Å²) in [7, 11) is 0. The molecule has 2 aromatic carbocycles. The minimum atomic E-state index is -0.597. The first-order chi connectivity index (χ1) is 14.6. The maximum absolute atomic E-state index is 13.0. The van der Waals surface area contributed by atoms with E-state index in [1.165, 1.54) is 35.6 Å². The van der Waals surface area contributed by atoms with Crippen LogP contribution in [0.1, 0.15) is 16.3 Å². The van der Waals surface area contributed by atoms with Gasteiger partial charge in [-0.15, -0.1) is 11.3 Å². The molecule has 2 aromatic heterocycles. The van der Waals surface area contributed by atoms with Crippen LogP contribution >= 0.6 is 11.3 Å². The molecule has 150 valence electrons. The summed E-state index contributed by atoms with van der Waals surface area (Å²) in [5.74, 6) is -0.680. The zero-order valence-corrected chi connectivity index (χ0v) is 16.3. The second-order valence-electron chi connectivity index (χ2n) is 6.05. The van der Waals surface area contributed by atoms with Gasteiger partial charge in [0.2, 0.25) is 11.9 Å². The van der Waals surface area contributed by atoms with Crippen LogP contribution in [0.3, 0.4) is 0 Å². The van der Waals surface area contributed by atoms with Crippen molar-refractivity contribution in [3.63, 3.8) is 0 Å². The van der Waals surface area contributed by atoms with Gasteiger partial charge in [0.1, 0.15) is 10.8 Å². The number of nitrogens with two attached hydrogens (primary N) is 1. The minimum absolute atomic E-state index is 0.0410. The molecule has 8 nitrogen and oxygen atoms in total. The lowest BCUT2D eigenvalue weighted by atomic mass is 10.2. The van der Waals surface area contributed by atoms with E-state index in [2.05, 4.69) is 25.3 Å². The Labute approximate surface area is 174 Å². The van der Waals surface area contributed by atoms with Crippen molar-refractivity contribution in [3.05, 3.63) is 77.3 Å². The third kappa shape index (κ3) is 4.73. The summed E-state index contributed by atoms with van der Waals surface area (Å²) in [5, 5.41) is 5.25. The summed E-state index contributed by atoms with van der Waals surface area (Å²) in [6.45, 7) is -0.206. The molecule has 4 rings (SSSR count). The van der Waals surface area contributed by atoms with E-state index in [0.717, 1.165) is 10.6 Å². The summed E-state index contributed by atoms with van der Waals surface area (Å²) < 4.78 is 18.3. The smallest absolute Gasteiger partial charge is 0.358 e. The third-order valence-electron chi connectivity index (χ3n) is 3.87. The van der Waals surface area contributed by atoms with Crippen molar-refractivity contribution in [3.8, 4) is 10.6 Å². The number of aromatic nitrogens is 4. The van der Waals surface area contributed by atoms with Crippen LogP contribution in [0.4, 0.5) is 22.0 Å².